The van der Waals surface area contributed by atoms with Gasteiger partial charge in [-0.3, -0.25) is 9.88 Å². The van der Waals surface area contributed by atoms with Crippen LogP contribution < -0.4 is 4.74 Å². The van der Waals surface area contributed by atoms with Gasteiger partial charge in [-0.25, -0.2) is 17.6 Å². The maximum absolute atomic E-state index is 16.7. The summed E-state index contributed by atoms with van der Waals surface area (Å²) in [5, 5.41) is 22.1. The normalized spacial score (nSPS) is 27.3. The number of aromatic nitrogens is 3. The van der Waals surface area contributed by atoms with Crippen LogP contribution in [0.1, 0.15) is 62.6 Å². The molecule has 1 aliphatic carbocycles. The van der Waals surface area contributed by atoms with E-state index in [9.17, 15) is 23.4 Å². The molecule has 4 aromatic rings. The molecule has 2 aliphatic heterocycles. The van der Waals surface area contributed by atoms with E-state index in [1.54, 1.807) is 6.92 Å². The number of aliphatic hydroxyl groups excluding tert-OH is 1. The smallest absolute Gasteiger partial charge is 0.317 e. The van der Waals surface area contributed by atoms with Crippen molar-refractivity contribution in [1.29, 1.82) is 0 Å². The lowest BCUT2D eigenvalue weighted by atomic mass is 9.83. The van der Waals surface area contributed by atoms with Crippen LogP contribution in [0.3, 0.4) is 0 Å². The molecule has 2 aromatic carbocycles. The summed E-state index contributed by atoms with van der Waals surface area (Å²) in [6.07, 6.45) is 0.891. The summed E-state index contributed by atoms with van der Waals surface area (Å²) in [6.45, 7) is 3.05. The molecule has 2 N–H and O–H groups in total. The molecule has 3 fully saturated rings. The predicted octanol–water partition coefficient (Wildman–Crippen LogP) is 6.31. The Kier molecular flexibility index (Phi) is 7.36. The van der Waals surface area contributed by atoms with Crippen molar-refractivity contribution in [2.45, 2.75) is 81.8 Å². The Bertz CT molecular complexity index is 1760. The van der Waals surface area contributed by atoms with Crippen LogP contribution in [0.4, 0.5) is 17.6 Å². The number of rotatable bonds is 6. The molecule has 44 heavy (non-hydrogen) atoms. The standard InChI is InChI=1S/C33H34F4N4O3/c1-2-21-24(35)6-4-17-10-20(42)12-22(27(17)21)30-28(37)31-23(14-38-30)29(18-5-7-25(36)26(43)11-18)39-32(40-31)44-16-33-8-3-9-41(33)15-19(34)13-33/h4,6,10,12,14,18-19,25-26,42-43H,2-3,5,7-9,11,13,15-16H2,1H3/t18?,19-,25+,26+,33+/m1/s1. The number of ether oxygens (including phenoxy) is 1. The number of phenolic OH excluding ortho intramolecular Hbond substituents is 1. The number of halogens is 4. The zero-order valence-electron chi connectivity index (χ0n) is 24.4. The van der Waals surface area contributed by atoms with Crippen molar-refractivity contribution >= 4 is 21.7 Å². The summed E-state index contributed by atoms with van der Waals surface area (Å²) in [6, 6.07) is 5.61. The fourth-order valence-corrected chi connectivity index (χ4v) is 7.66. The number of aliphatic hydroxyl groups is 1. The van der Waals surface area contributed by atoms with Gasteiger partial charge in [-0.05, 0) is 79.6 Å². The van der Waals surface area contributed by atoms with Gasteiger partial charge in [0.2, 0.25) is 0 Å². The van der Waals surface area contributed by atoms with Gasteiger partial charge in [-0.2, -0.15) is 9.97 Å². The van der Waals surface area contributed by atoms with Crippen molar-refractivity contribution < 1.29 is 32.5 Å². The number of nitrogens with zero attached hydrogens (tertiary/aromatic N) is 4. The van der Waals surface area contributed by atoms with Crippen LogP contribution in [-0.4, -0.2) is 73.7 Å². The lowest BCUT2D eigenvalue weighted by molar-refractivity contribution is 0.0355. The Morgan fingerprint density at radius 2 is 1.98 bits per heavy atom. The number of fused-ring (bicyclic) bond motifs is 3. The van der Waals surface area contributed by atoms with Crippen LogP contribution in [0, 0.1) is 11.6 Å². The Morgan fingerprint density at radius 1 is 1.14 bits per heavy atom. The number of benzene rings is 2. The van der Waals surface area contributed by atoms with E-state index in [0.29, 0.717) is 53.2 Å². The van der Waals surface area contributed by atoms with E-state index in [1.165, 1.54) is 30.5 Å². The number of hydrogen-bond donors (Lipinski definition) is 2. The average molecular weight is 611 g/mol. The first-order chi connectivity index (χ1) is 21.2. The topological polar surface area (TPSA) is 91.6 Å². The van der Waals surface area contributed by atoms with Crippen molar-refractivity contribution in [3.63, 3.8) is 0 Å². The highest BCUT2D eigenvalue weighted by atomic mass is 19.1. The van der Waals surface area contributed by atoms with Gasteiger partial charge in [-0.15, -0.1) is 0 Å². The Labute approximate surface area is 251 Å². The molecule has 232 valence electrons. The quantitative estimate of drug-likeness (QED) is 0.247. The van der Waals surface area contributed by atoms with Gasteiger partial charge in [0.15, 0.2) is 5.82 Å². The molecule has 2 saturated heterocycles. The number of pyridine rings is 1. The van der Waals surface area contributed by atoms with Crippen molar-refractivity contribution in [3.05, 3.63) is 53.4 Å². The first-order valence-corrected chi connectivity index (χ1v) is 15.3. The van der Waals surface area contributed by atoms with Gasteiger partial charge in [0.25, 0.3) is 0 Å². The maximum Gasteiger partial charge on any atom is 0.317 e. The minimum Gasteiger partial charge on any atom is -0.508 e. The van der Waals surface area contributed by atoms with Gasteiger partial charge >= 0.3 is 6.01 Å². The summed E-state index contributed by atoms with van der Waals surface area (Å²) in [7, 11) is 0. The Balaban J connectivity index is 1.37. The zero-order valence-corrected chi connectivity index (χ0v) is 24.4. The second kappa shape index (κ2) is 11.1. The first-order valence-electron chi connectivity index (χ1n) is 15.3. The van der Waals surface area contributed by atoms with Gasteiger partial charge < -0.3 is 14.9 Å². The summed E-state index contributed by atoms with van der Waals surface area (Å²) >= 11 is 0. The molecule has 3 aliphatic rings. The van der Waals surface area contributed by atoms with Gasteiger partial charge in [0.05, 0.1) is 17.3 Å². The van der Waals surface area contributed by atoms with Crippen LogP contribution >= 0.6 is 0 Å². The van der Waals surface area contributed by atoms with Crippen LogP contribution in [0.25, 0.3) is 32.9 Å². The molecule has 7 nitrogen and oxygen atoms in total. The number of aryl methyl sites for hydroxylation is 1. The van der Waals surface area contributed by atoms with Crippen LogP contribution in [-0.2, 0) is 6.42 Å². The number of alkyl halides is 2. The van der Waals surface area contributed by atoms with Gasteiger partial charge in [0.1, 0.15) is 41.7 Å². The van der Waals surface area contributed by atoms with Crippen LogP contribution in [0.5, 0.6) is 11.8 Å². The molecule has 4 heterocycles. The van der Waals surface area contributed by atoms with Gasteiger partial charge in [-0.1, -0.05) is 13.0 Å². The molecule has 0 bridgehead atoms. The molecule has 0 amide bonds. The highest BCUT2D eigenvalue weighted by Crippen LogP contribution is 2.43. The van der Waals surface area contributed by atoms with E-state index in [2.05, 4.69) is 19.9 Å². The summed E-state index contributed by atoms with van der Waals surface area (Å²) in [5.74, 6) is -1.78. The molecule has 0 radical (unpaired) electrons. The third-order valence-corrected chi connectivity index (χ3v) is 9.81. The van der Waals surface area contributed by atoms with Crippen molar-refractivity contribution in [3.8, 4) is 23.0 Å². The second-order valence-electron chi connectivity index (χ2n) is 12.5. The molecule has 11 heteroatoms. The van der Waals surface area contributed by atoms with E-state index in [1.807, 2.05) is 0 Å². The van der Waals surface area contributed by atoms with Crippen LogP contribution in [0.2, 0.25) is 0 Å². The molecule has 1 saturated carbocycles. The van der Waals surface area contributed by atoms with Crippen molar-refractivity contribution in [2.75, 3.05) is 19.7 Å². The number of aromatic hydroxyl groups is 1. The Morgan fingerprint density at radius 3 is 2.77 bits per heavy atom. The fourth-order valence-electron chi connectivity index (χ4n) is 7.66. The van der Waals surface area contributed by atoms with E-state index in [0.717, 1.165) is 19.4 Å². The lowest BCUT2D eigenvalue weighted by Crippen LogP contribution is -2.43. The minimum absolute atomic E-state index is 0.0895. The number of phenols is 1. The monoisotopic (exact) mass is 610 g/mol. The molecule has 2 aromatic heterocycles. The van der Waals surface area contributed by atoms with Crippen molar-refractivity contribution in [1.82, 2.24) is 19.9 Å². The van der Waals surface area contributed by atoms with Crippen LogP contribution in [0.15, 0.2) is 30.5 Å². The molecule has 5 atom stereocenters. The highest BCUT2D eigenvalue weighted by Gasteiger charge is 2.49. The number of hydrogen-bond acceptors (Lipinski definition) is 7. The van der Waals surface area contributed by atoms with E-state index in [-0.39, 0.29) is 48.0 Å². The SMILES string of the molecule is CCc1c(F)ccc2cc(O)cc(-c3ncc4c(C5CC[C@H](F)[C@@H](O)C5)nc(OC[C@@]56CCCN5C[C@H](F)C6)nc4c3F)c12. The second-order valence-corrected chi connectivity index (χ2v) is 12.5. The van der Waals surface area contributed by atoms with Gasteiger partial charge in [0, 0.05) is 36.0 Å². The van der Waals surface area contributed by atoms with E-state index in [4.69, 9.17) is 4.74 Å². The third-order valence-electron chi connectivity index (χ3n) is 9.81. The predicted molar refractivity (Wildman–Crippen MR) is 157 cm³/mol. The third kappa shape index (κ3) is 4.84. The summed E-state index contributed by atoms with van der Waals surface area (Å²) < 4.78 is 66.3. The molecule has 7 rings (SSSR count). The average Bonchev–Trinajstić information content (AvgIpc) is 3.53. The van der Waals surface area contributed by atoms with E-state index >= 15 is 4.39 Å². The molecular weight excluding hydrogens is 576 g/mol. The minimum atomic E-state index is -1.35. The van der Waals surface area contributed by atoms with Crippen molar-refractivity contribution in [2.24, 2.45) is 0 Å². The summed E-state index contributed by atoms with van der Waals surface area (Å²) in [5.41, 5.74) is 0.277. The Hall–Kier alpha value is -3.57. The lowest BCUT2D eigenvalue weighted by Gasteiger charge is -2.31. The largest absolute Gasteiger partial charge is 0.508 e. The highest BCUT2D eigenvalue weighted by molar-refractivity contribution is 6.01. The maximum atomic E-state index is 16.7. The first kappa shape index (κ1) is 29.2. The molecular formula is C33H34F4N4O3. The fraction of sp³-hybridized carbons (Fsp3) is 0.485. The zero-order chi connectivity index (χ0) is 30.7. The molecule has 1 unspecified atom stereocenters. The van der Waals surface area contributed by atoms with E-state index < -0.39 is 41.5 Å². The molecule has 0 spiro atoms. The summed E-state index contributed by atoms with van der Waals surface area (Å²) in [4.78, 5) is 15.6.